The zero-order valence-corrected chi connectivity index (χ0v) is 11.1. The maximum absolute atomic E-state index is 13.7. The van der Waals surface area contributed by atoms with Crippen molar-refractivity contribution >= 4 is 11.6 Å². The molecule has 0 aliphatic rings. The summed E-state index contributed by atoms with van der Waals surface area (Å²) in [4.78, 5) is 12.1. The lowest BCUT2D eigenvalue weighted by Gasteiger charge is -2.06. The summed E-state index contributed by atoms with van der Waals surface area (Å²) >= 11 is 0. The van der Waals surface area contributed by atoms with Crippen LogP contribution in [0.5, 0.6) is 0 Å². The Balaban J connectivity index is 2.26. The number of anilines is 1. The number of benzene rings is 1. The van der Waals surface area contributed by atoms with Crippen molar-refractivity contribution < 1.29 is 9.18 Å². The maximum atomic E-state index is 13.7. The van der Waals surface area contributed by atoms with Crippen molar-refractivity contribution in [1.29, 1.82) is 5.26 Å². The lowest BCUT2D eigenvalue weighted by Crippen LogP contribution is -2.14. The molecular formula is C14H13FN4O. The number of hydrogen-bond acceptors (Lipinski definition) is 3. The van der Waals surface area contributed by atoms with E-state index in [1.807, 2.05) is 13.0 Å². The summed E-state index contributed by atoms with van der Waals surface area (Å²) in [5.41, 5.74) is 1.31. The highest BCUT2D eigenvalue weighted by molar-refractivity contribution is 6.05. The Bertz CT molecular complexity index is 700. The molecule has 0 bridgehead atoms. The summed E-state index contributed by atoms with van der Waals surface area (Å²) in [5, 5.41) is 15.3. The lowest BCUT2D eigenvalue weighted by atomic mass is 10.1. The number of carbonyl (C=O) groups excluding carboxylic acids is 1. The third kappa shape index (κ3) is 2.67. The zero-order valence-electron chi connectivity index (χ0n) is 11.1. The van der Waals surface area contributed by atoms with Crippen molar-refractivity contribution in [3.63, 3.8) is 0 Å². The summed E-state index contributed by atoms with van der Waals surface area (Å²) in [6.07, 6.45) is 2.20. The fourth-order valence-corrected chi connectivity index (χ4v) is 1.86. The molecule has 5 nitrogen and oxygen atoms in total. The van der Waals surface area contributed by atoms with Gasteiger partial charge in [-0.1, -0.05) is 6.92 Å². The van der Waals surface area contributed by atoms with Crippen LogP contribution in [0.4, 0.5) is 10.1 Å². The molecule has 2 aromatic rings. The van der Waals surface area contributed by atoms with Crippen LogP contribution in [0.15, 0.2) is 24.4 Å². The maximum Gasteiger partial charge on any atom is 0.259 e. The second-order valence-electron chi connectivity index (χ2n) is 4.28. The summed E-state index contributed by atoms with van der Waals surface area (Å²) in [7, 11) is 1.72. The molecule has 1 N–H and O–H groups in total. The Kier molecular flexibility index (Phi) is 3.80. The van der Waals surface area contributed by atoms with Gasteiger partial charge in [0.05, 0.1) is 28.6 Å². The van der Waals surface area contributed by atoms with E-state index in [0.29, 0.717) is 17.7 Å². The second kappa shape index (κ2) is 5.53. The summed E-state index contributed by atoms with van der Waals surface area (Å²) in [6.45, 7) is 1.89. The summed E-state index contributed by atoms with van der Waals surface area (Å²) < 4.78 is 15.3. The van der Waals surface area contributed by atoms with E-state index in [4.69, 9.17) is 5.26 Å². The van der Waals surface area contributed by atoms with E-state index >= 15 is 0 Å². The van der Waals surface area contributed by atoms with Crippen LogP contribution in [0.1, 0.15) is 28.5 Å². The molecule has 0 aliphatic carbocycles. The monoisotopic (exact) mass is 272 g/mol. The Morgan fingerprint density at radius 3 is 2.90 bits per heavy atom. The number of carbonyl (C=O) groups is 1. The van der Waals surface area contributed by atoms with Crippen molar-refractivity contribution in [3.8, 4) is 6.07 Å². The molecule has 20 heavy (non-hydrogen) atoms. The second-order valence-corrected chi connectivity index (χ2v) is 4.28. The Labute approximate surface area is 115 Å². The van der Waals surface area contributed by atoms with E-state index in [-0.39, 0.29) is 11.3 Å². The lowest BCUT2D eigenvalue weighted by molar-refractivity contribution is 0.102. The highest BCUT2D eigenvalue weighted by Gasteiger charge is 2.16. The molecule has 0 aliphatic heterocycles. The van der Waals surface area contributed by atoms with Crippen LogP contribution in [-0.2, 0) is 13.5 Å². The molecule has 6 heteroatoms. The molecule has 0 atom stereocenters. The molecule has 0 saturated carbocycles. The molecular weight excluding hydrogens is 259 g/mol. The molecule has 0 spiro atoms. The van der Waals surface area contributed by atoms with Crippen molar-refractivity contribution in [2.45, 2.75) is 13.3 Å². The van der Waals surface area contributed by atoms with Gasteiger partial charge in [-0.3, -0.25) is 9.48 Å². The Hall–Kier alpha value is -2.68. The first kappa shape index (κ1) is 13.7. The molecule has 1 aromatic carbocycles. The highest BCUT2D eigenvalue weighted by Crippen LogP contribution is 2.17. The van der Waals surface area contributed by atoms with Gasteiger partial charge in [-0.25, -0.2) is 4.39 Å². The fraction of sp³-hybridized carbons (Fsp3) is 0.214. The molecule has 1 amide bonds. The average molecular weight is 272 g/mol. The third-order valence-electron chi connectivity index (χ3n) is 2.83. The van der Waals surface area contributed by atoms with Crippen molar-refractivity contribution in [1.82, 2.24) is 9.78 Å². The van der Waals surface area contributed by atoms with Crippen LogP contribution < -0.4 is 5.32 Å². The number of hydrogen-bond donors (Lipinski definition) is 1. The minimum atomic E-state index is -0.640. The van der Waals surface area contributed by atoms with Crippen molar-refractivity contribution in [2.24, 2.45) is 7.05 Å². The first-order chi connectivity index (χ1) is 9.55. The molecule has 1 aromatic heterocycles. The number of rotatable bonds is 3. The number of aromatic nitrogens is 2. The van der Waals surface area contributed by atoms with E-state index in [0.717, 1.165) is 6.07 Å². The smallest absolute Gasteiger partial charge is 0.259 e. The number of nitrogens with one attached hydrogen (secondary N) is 1. The average Bonchev–Trinajstić information content (AvgIpc) is 2.82. The first-order valence-electron chi connectivity index (χ1n) is 6.08. The standard InChI is InChI=1S/C14H13FN4O/c1-3-12-10(8-19(2)18-12)14(20)17-13-5-4-9(7-16)6-11(13)15/h4-6,8H,3H2,1-2H3,(H,17,20). The summed E-state index contributed by atoms with van der Waals surface area (Å²) in [5.74, 6) is -1.06. The van der Waals surface area contributed by atoms with Crippen molar-refractivity contribution in [2.75, 3.05) is 5.32 Å². The van der Waals surface area contributed by atoms with Crippen LogP contribution in [0.3, 0.4) is 0 Å². The van der Waals surface area contributed by atoms with Crippen LogP contribution in [0.25, 0.3) is 0 Å². The van der Waals surface area contributed by atoms with Crippen molar-refractivity contribution in [3.05, 3.63) is 47.0 Å². The van der Waals surface area contributed by atoms with E-state index in [1.54, 1.807) is 17.9 Å². The van der Waals surface area contributed by atoms with Crippen LogP contribution >= 0.6 is 0 Å². The third-order valence-corrected chi connectivity index (χ3v) is 2.83. The quantitative estimate of drug-likeness (QED) is 0.931. The van der Waals surface area contributed by atoms with Gasteiger partial charge < -0.3 is 5.32 Å². The summed E-state index contributed by atoms with van der Waals surface area (Å²) in [6, 6.07) is 5.73. The molecule has 0 radical (unpaired) electrons. The van der Waals surface area contributed by atoms with E-state index in [2.05, 4.69) is 10.4 Å². The van der Waals surface area contributed by atoms with Crippen LogP contribution in [-0.4, -0.2) is 15.7 Å². The van der Waals surface area contributed by atoms with Crippen LogP contribution in [0.2, 0.25) is 0 Å². The topological polar surface area (TPSA) is 70.7 Å². The molecule has 0 saturated heterocycles. The van der Waals surface area contributed by atoms with E-state index < -0.39 is 11.7 Å². The Morgan fingerprint density at radius 1 is 1.55 bits per heavy atom. The minimum Gasteiger partial charge on any atom is -0.319 e. The van der Waals surface area contributed by atoms with Gasteiger partial charge in [0.25, 0.3) is 5.91 Å². The van der Waals surface area contributed by atoms with Gasteiger partial charge in [0.15, 0.2) is 0 Å². The first-order valence-corrected chi connectivity index (χ1v) is 6.08. The molecule has 2 rings (SSSR count). The predicted molar refractivity (Wildman–Crippen MR) is 71.7 cm³/mol. The van der Waals surface area contributed by atoms with Crippen LogP contribution in [0, 0.1) is 17.1 Å². The Morgan fingerprint density at radius 2 is 2.30 bits per heavy atom. The van der Waals surface area contributed by atoms with E-state index in [9.17, 15) is 9.18 Å². The van der Waals surface area contributed by atoms with E-state index in [1.165, 1.54) is 12.1 Å². The van der Waals surface area contributed by atoms with Gasteiger partial charge in [-0.15, -0.1) is 0 Å². The fourth-order valence-electron chi connectivity index (χ4n) is 1.86. The number of halogens is 1. The number of amides is 1. The number of nitrogens with zero attached hydrogens (tertiary/aromatic N) is 3. The SMILES string of the molecule is CCc1nn(C)cc1C(=O)Nc1ccc(C#N)cc1F. The molecule has 0 unspecified atom stereocenters. The number of aryl methyl sites for hydroxylation is 2. The van der Waals surface area contributed by atoms with Gasteiger partial charge in [0.2, 0.25) is 0 Å². The largest absolute Gasteiger partial charge is 0.319 e. The minimum absolute atomic E-state index is 0.0416. The number of nitriles is 1. The van der Waals surface area contributed by atoms with Gasteiger partial charge in [0, 0.05) is 13.2 Å². The zero-order chi connectivity index (χ0) is 14.7. The van der Waals surface area contributed by atoms with Gasteiger partial charge in [-0.2, -0.15) is 10.4 Å². The highest BCUT2D eigenvalue weighted by atomic mass is 19.1. The normalized spacial score (nSPS) is 10.1. The van der Waals surface area contributed by atoms with Gasteiger partial charge in [-0.05, 0) is 24.6 Å². The molecule has 1 heterocycles. The predicted octanol–water partition coefficient (Wildman–Crippen LogP) is 2.25. The molecule has 102 valence electrons. The molecule has 0 fully saturated rings. The van der Waals surface area contributed by atoms with Gasteiger partial charge in [0.1, 0.15) is 5.82 Å². The van der Waals surface area contributed by atoms with Gasteiger partial charge >= 0.3 is 0 Å².